The molecule has 0 radical (unpaired) electrons. The van der Waals surface area contributed by atoms with Crippen molar-refractivity contribution in [3.05, 3.63) is 57.6 Å². The number of nitrogens with one attached hydrogen (secondary N) is 1. The third-order valence-corrected chi connectivity index (χ3v) is 4.84. The molecule has 0 aromatic carbocycles. The van der Waals surface area contributed by atoms with Crippen LogP contribution in [0, 0.1) is 11.3 Å². The van der Waals surface area contributed by atoms with Crippen LogP contribution in [0.15, 0.2) is 35.4 Å². The summed E-state index contributed by atoms with van der Waals surface area (Å²) in [4.78, 5) is 33.5. The number of piperazine rings is 1. The predicted octanol–water partition coefficient (Wildman–Crippen LogP) is 2.55. The largest absolute Gasteiger partial charge is 0.446 e. The van der Waals surface area contributed by atoms with Gasteiger partial charge in [0.15, 0.2) is 0 Å². The van der Waals surface area contributed by atoms with Gasteiger partial charge in [-0.15, -0.1) is 0 Å². The molecular weight excluding hydrogens is 415 g/mol. The van der Waals surface area contributed by atoms with Crippen LogP contribution in [0.25, 0.3) is 0 Å². The Hall–Kier alpha value is -3.55. The molecule has 31 heavy (non-hydrogen) atoms. The molecule has 1 fully saturated rings. The van der Waals surface area contributed by atoms with Crippen LogP contribution in [0.3, 0.4) is 0 Å². The second-order valence-corrected chi connectivity index (χ2v) is 7.11. The maximum absolute atomic E-state index is 12.9. The highest BCUT2D eigenvalue weighted by atomic mass is 19.4. The highest BCUT2D eigenvalue weighted by molar-refractivity contribution is 5.68. The number of anilines is 1. The molecular formula is C20H20F3N5O3. The molecule has 1 aliphatic rings. The average molecular weight is 435 g/mol. The first-order chi connectivity index (χ1) is 14.7. The number of hydrogen-bond donors (Lipinski definition) is 1. The molecule has 11 heteroatoms. The number of rotatable bonds is 4. The minimum atomic E-state index is -4.76. The number of alkyl halides is 3. The first-order valence-corrected chi connectivity index (χ1v) is 9.53. The Bertz CT molecular complexity index is 1040. The number of carbonyl (C=O) groups excluding carboxylic acids is 1. The molecule has 0 saturated carbocycles. The van der Waals surface area contributed by atoms with Gasteiger partial charge in [-0.3, -0.25) is 4.79 Å². The minimum Gasteiger partial charge on any atom is -0.446 e. The second kappa shape index (κ2) is 9.07. The SMILES string of the molecule is CC(Cc1c[nH]c(=O)c(C(F)(F)F)c1)OC(=O)N1CCN(c2ncccc2C#N)CC1. The van der Waals surface area contributed by atoms with Gasteiger partial charge < -0.3 is 19.5 Å². The van der Waals surface area contributed by atoms with Gasteiger partial charge in [0.2, 0.25) is 0 Å². The van der Waals surface area contributed by atoms with E-state index in [-0.39, 0.29) is 12.0 Å². The standard InChI is InChI=1S/C20H20F3N5O3/c1-13(9-14-10-16(20(21,22)23)18(29)26-12-14)31-19(30)28-7-5-27(6-8-28)17-15(11-24)3-2-4-25-17/h2-4,10,12-13H,5-9H2,1H3,(H,26,29). The Labute approximate surface area is 175 Å². The summed E-state index contributed by atoms with van der Waals surface area (Å²) in [6.07, 6.45) is -3.24. The number of ether oxygens (including phenoxy) is 1. The summed E-state index contributed by atoms with van der Waals surface area (Å²) >= 11 is 0. The quantitative estimate of drug-likeness (QED) is 0.792. The van der Waals surface area contributed by atoms with E-state index in [0.717, 1.165) is 6.07 Å². The molecule has 1 atom stereocenters. The lowest BCUT2D eigenvalue weighted by atomic mass is 10.1. The van der Waals surface area contributed by atoms with E-state index >= 15 is 0 Å². The van der Waals surface area contributed by atoms with Gasteiger partial charge in [-0.05, 0) is 30.7 Å². The van der Waals surface area contributed by atoms with Gasteiger partial charge >= 0.3 is 12.3 Å². The number of aromatic nitrogens is 2. The zero-order chi connectivity index (χ0) is 22.6. The van der Waals surface area contributed by atoms with Crippen LogP contribution in [0.1, 0.15) is 23.6 Å². The van der Waals surface area contributed by atoms with E-state index in [1.54, 1.807) is 25.3 Å². The van der Waals surface area contributed by atoms with Crippen LogP contribution in [-0.2, 0) is 17.3 Å². The van der Waals surface area contributed by atoms with Crippen molar-refractivity contribution in [2.75, 3.05) is 31.1 Å². The molecule has 3 heterocycles. The summed E-state index contributed by atoms with van der Waals surface area (Å²) in [7, 11) is 0. The Morgan fingerprint density at radius 3 is 2.71 bits per heavy atom. The summed E-state index contributed by atoms with van der Waals surface area (Å²) in [5, 5.41) is 9.20. The lowest BCUT2D eigenvalue weighted by Gasteiger charge is -2.35. The lowest BCUT2D eigenvalue weighted by molar-refractivity contribution is -0.138. The molecule has 1 saturated heterocycles. The molecule has 0 spiro atoms. The number of pyridine rings is 2. The van der Waals surface area contributed by atoms with Crippen molar-refractivity contribution in [2.24, 2.45) is 0 Å². The van der Waals surface area contributed by atoms with E-state index in [1.807, 2.05) is 4.90 Å². The fourth-order valence-electron chi connectivity index (χ4n) is 3.31. The molecule has 3 rings (SSSR count). The van der Waals surface area contributed by atoms with Crippen molar-refractivity contribution < 1.29 is 22.7 Å². The van der Waals surface area contributed by atoms with Gasteiger partial charge in [-0.25, -0.2) is 9.78 Å². The molecule has 0 aliphatic carbocycles. The number of aromatic amines is 1. The first-order valence-electron chi connectivity index (χ1n) is 9.53. The Balaban J connectivity index is 1.56. The molecule has 1 amide bonds. The maximum Gasteiger partial charge on any atom is 0.421 e. The third kappa shape index (κ3) is 5.33. The molecule has 1 N–H and O–H groups in total. The monoisotopic (exact) mass is 435 g/mol. The van der Waals surface area contributed by atoms with E-state index in [0.29, 0.717) is 37.6 Å². The molecule has 0 bridgehead atoms. The number of nitriles is 1. The number of halogens is 3. The lowest BCUT2D eigenvalue weighted by Crippen LogP contribution is -2.49. The van der Waals surface area contributed by atoms with E-state index in [9.17, 15) is 28.0 Å². The van der Waals surface area contributed by atoms with Gasteiger partial charge in [0.25, 0.3) is 5.56 Å². The molecule has 8 nitrogen and oxygen atoms in total. The maximum atomic E-state index is 12.9. The summed E-state index contributed by atoms with van der Waals surface area (Å²) in [6, 6.07) is 6.21. The number of carbonyl (C=O) groups is 1. The van der Waals surface area contributed by atoms with Crippen LogP contribution in [-0.4, -0.2) is 53.2 Å². The van der Waals surface area contributed by atoms with Crippen molar-refractivity contribution in [1.82, 2.24) is 14.9 Å². The highest BCUT2D eigenvalue weighted by Crippen LogP contribution is 2.27. The Morgan fingerprint density at radius 2 is 2.06 bits per heavy atom. The molecule has 2 aromatic heterocycles. The topological polar surface area (TPSA) is 102 Å². The van der Waals surface area contributed by atoms with Crippen LogP contribution < -0.4 is 10.5 Å². The number of H-pyrrole nitrogens is 1. The van der Waals surface area contributed by atoms with Crippen molar-refractivity contribution >= 4 is 11.9 Å². The predicted molar refractivity (Wildman–Crippen MR) is 104 cm³/mol. The van der Waals surface area contributed by atoms with Crippen LogP contribution in [0.5, 0.6) is 0 Å². The number of nitrogens with zero attached hydrogens (tertiary/aromatic N) is 4. The highest BCUT2D eigenvalue weighted by Gasteiger charge is 2.34. The van der Waals surface area contributed by atoms with Crippen molar-refractivity contribution in [1.29, 1.82) is 5.26 Å². The molecule has 1 aliphatic heterocycles. The van der Waals surface area contributed by atoms with E-state index in [2.05, 4.69) is 16.0 Å². The van der Waals surface area contributed by atoms with Crippen molar-refractivity contribution in [2.45, 2.75) is 25.6 Å². The van der Waals surface area contributed by atoms with Crippen LogP contribution in [0.4, 0.5) is 23.8 Å². The normalized spacial score (nSPS) is 15.3. The fraction of sp³-hybridized carbons (Fsp3) is 0.400. The first kappa shape index (κ1) is 22.1. The minimum absolute atomic E-state index is 0.0189. The third-order valence-electron chi connectivity index (χ3n) is 4.84. The van der Waals surface area contributed by atoms with Gasteiger partial charge in [0.1, 0.15) is 23.6 Å². The van der Waals surface area contributed by atoms with E-state index in [4.69, 9.17) is 4.74 Å². The van der Waals surface area contributed by atoms with Gasteiger partial charge in [-0.1, -0.05) is 0 Å². The summed E-state index contributed by atoms with van der Waals surface area (Å²) in [6.45, 7) is 3.20. The van der Waals surface area contributed by atoms with Gasteiger partial charge in [0.05, 0.1) is 5.56 Å². The van der Waals surface area contributed by atoms with Crippen LogP contribution in [0.2, 0.25) is 0 Å². The van der Waals surface area contributed by atoms with Crippen molar-refractivity contribution in [3.63, 3.8) is 0 Å². The van der Waals surface area contributed by atoms with Gasteiger partial charge in [-0.2, -0.15) is 18.4 Å². The Kier molecular flexibility index (Phi) is 6.48. The molecule has 2 aromatic rings. The fourth-order valence-corrected chi connectivity index (χ4v) is 3.31. The zero-order valence-electron chi connectivity index (χ0n) is 16.6. The van der Waals surface area contributed by atoms with Gasteiger partial charge in [0, 0.05) is 45.0 Å². The zero-order valence-corrected chi connectivity index (χ0v) is 16.6. The Morgan fingerprint density at radius 1 is 1.35 bits per heavy atom. The van der Waals surface area contributed by atoms with E-state index in [1.165, 1.54) is 11.1 Å². The summed E-state index contributed by atoms with van der Waals surface area (Å²) < 4.78 is 44.0. The van der Waals surface area contributed by atoms with E-state index < -0.39 is 29.5 Å². The number of amides is 1. The second-order valence-electron chi connectivity index (χ2n) is 7.11. The molecule has 164 valence electrons. The van der Waals surface area contributed by atoms with Crippen molar-refractivity contribution in [3.8, 4) is 6.07 Å². The number of hydrogen-bond acceptors (Lipinski definition) is 6. The summed E-state index contributed by atoms with van der Waals surface area (Å²) in [5.74, 6) is 0.560. The average Bonchev–Trinajstić information content (AvgIpc) is 2.74. The summed E-state index contributed by atoms with van der Waals surface area (Å²) in [5.41, 5.74) is -1.85. The van der Waals surface area contributed by atoms with Crippen LogP contribution >= 0.6 is 0 Å². The molecule has 1 unspecified atom stereocenters. The smallest absolute Gasteiger partial charge is 0.421 e.